The minimum absolute atomic E-state index is 0.330. The van der Waals surface area contributed by atoms with Gasteiger partial charge in [0, 0.05) is 18.7 Å². The van der Waals surface area contributed by atoms with Crippen LogP contribution in [0.5, 0.6) is 0 Å². The second-order valence-corrected chi connectivity index (χ2v) is 5.49. The molecule has 0 saturated heterocycles. The Bertz CT molecular complexity index is 412. The fraction of sp³-hybridized carbons (Fsp3) is 0.714. The molecule has 1 heterocycles. The Labute approximate surface area is 102 Å². The number of Topliss-reactive ketones (excluding diaryl/α,β-unsaturated/α-hetero) is 1. The summed E-state index contributed by atoms with van der Waals surface area (Å²) >= 11 is 0. The molecule has 0 aromatic carbocycles. The first-order valence-electron chi connectivity index (χ1n) is 6.88. The number of aryl methyl sites for hydroxylation is 1. The molecule has 92 valence electrons. The van der Waals surface area contributed by atoms with E-state index < -0.39 is 0 Å². The van der Waals surface area contributed by atoms with Crippen LogP contribution in [0.4, 0.5) is 0 Å². The average Bonchev–Trinajstić information content (AvgIpc) is 2.89. The molecule has 0 radical (unpaired) electrons. The van der Waals surface area contributed by atoms with Gasteiger partial charge in [0.2, 0.25) is 0 Å². The van der Waals surface area contributed by atoms with Crippen molar-refractivity contribution in [3.63, 3.8) is 0 Å². The van der Waals surface area contributed by atoms with E-state index in [0.29, 0.717) is 23.5 Å². The molecule has 0 amide bonds. The number of hydrogen-bond acceptors (Lipinski definition) is 2. The van der Waals surface area contributed by atoms with E-state index in [-0.39, 0.29) is 0 Å². The summed E-state index contributed by atoms with van der Waals surface area (Å²) in [7, 11) is 0. The van der Waals surface area contributed by atoms with Crippen LogP contribution in [0.2, 0.25) is 0 Å². The van der Waals surface area contributed by atoms with E-state index in [1.54, 1.807) is 6.20 Å². The van der Waals surface area contributed by atoms with Crippen molar-refractivity contribution in [2.75, 3.05) is 0 Å². The summed E-state index contributed by atoms with van der Waals surface area (Å²) in [5.41, 5.74) is 0.831. The SMILES string of the molecule is CCCn1cc(C(=O)C2C3CCCCC32)cn1. The second kappa shape index (κ2) is 4.28. The molecular formula is C14H20N2O. The third-order valence-electron chi connectivity index (χ3n) is 4.33. The number of carbonyl (C=O) groups is 1. The van der Waals surface area contributed by atoms with E-state index in [1.807, 2.05) is 10.9 Å². The summed E-state index contributed by atoms with van der Waals surface area (Å²) in [5, 5.41) is 4.25. The first kappa shape index (κ1) is 11.0. The van der Waals surface area contributed by atoms with Gasteiger partial charge >= 0.3 is 0 Å². The van der Waals surface area contributed by atoms with Crippen LogP contribution < -0.4 is 0 Å². The van der Waals surface area contributed by atoms with Gasteiger partial charge in [0.05, 0.1) is 11.8 Å². The molecule has 0 spiro atoms. The Kier molecular flexibility index (Phi) is 2.77. The summed E-state index contributed by atoms with van der Waals surface area (Å²) in [4.78, 5) is 12.3. The van der Waals surface area contributed by atoms with Crippen LogP contribution in [0.15, 0.2) is 12.4 Å². The Morgan fingerprint density at radius 2 is 2.12 bits per heavy atom. The van der Waals surface area contributed by atoms with E-state index in [1.165, 1.54) is 25.7 Å². The third kappa shape index (κ3) is 1.92. The third-order valence-corrected chi connectivity index (χ3v) is 4.33. The van der Waals surface area contributed by atoms with Gasteiger partial charge in [-0.25, -0.2) is 0 Å². The van der Waals surface area contributed by atoms with Gasteiger partial charge in [-0.15, -0.1) is 0 Å². The molecule has 2 saturated carbocycles. The van der Waals surface area contributed by atoms with Crippen LogP contribution in [0.25, 0.3) is 0 Å². The van der Waals surface area contributed by atoms with Crippen molar-refractivity contribution in [1.29, 1.82) is 0 Å². The fourth-order valence-electron chi connectivity index (χ4n) is 3.42. The maximum absolute atomic E-state index is 12.3. The monoisotopic (exact) mass is 232 g/mol. The van der Waals surface area contributed by atoms with Crippen LogP contribution in [0.3, 0.4) is 0 Å². The van der Waals surface area contributed by atoms with Gasteiger partial charge in [-0.1, -0.05) is 19.8 Å². The second-order valence-electron chi connectivity index (χ2n) is 5.49. The molecule has 2 aliphatic carbocycles. The first-order valence-corrected chi connectivity index (χ1v) is 6.88. The molecule has 0 N–H and O–H groups in total. The van der Waals surface area contributed by atoms with Gasteiger partial charge < -0.3 is 0 Å². The number of fused-ring (bicyclic) bond motifs is 1. The van der Waals surface area contributed by atoms with Crippen LogP contribution >= 0.6 is 0 Å². The lowest BCUT2D eigenvalue weighted by Crippen LogP contribution is -2.03. The Morgan fingerprint density at radius 1 is 1.41 bits per heavy atom. The number of ketones is 1. The summed E-state index contributed by atoms with van der Waals surface area (Å²) in [6, 6.07) is 0. The molecule has 2 fully saturated rings. The van der Waals surface area contributed by atoms with Gasteiger partial charge in [0.1, 0.15) is 0 Å². The van der Waals surface area contributed by atoms with Crippen molar-refractivity contribution in [1.82, 2.24) is 9.78 Å². The molecule has 0 bridgehead atoms. The highest BCUT2D eigenvalue weighted by atomic mass is 16.1. The molecular weight excluding hydrogens is 212 g/mol. The van der Waals surface area contributed by atoms with Crippen molar-refractivity contribution in [2.45, 2.75) is 45.6 Å². The predicted octanol–water partition coefficient (Wildman–Crippen LogP) is 2.91. The summed E-state index contributed by atoms with van der Waals surface area (Å²) in [6.07, 6.45) is 9.91. The van der Waals surface area contributed by atoms with E-state index in [2.05, 4.69) is 12.0 Å². The van der Waals surface area contributed by atoms with E-state index in [9.17, 15) is 4.79 Å². The highest BCUT2D eigenvalue weighted by molar-refractivity contribution is 5.99. The minimum Gasteiger partial charge on any atom is -0.294 e. The molecule has 3 heteroatoms. The Hall–Kier alpha value is -1.12. The van der Waals surface area contributed by atoms with Crippen LogP contribution in [0, 0.1) is 17.8 Å². The van der Waals surface area contributed by atoms with Gasteiger partial charge in [0.15, 0.2) is 5.78 Å². The zero-order valence-electron chi connectivity index (χ0n) is 10.4. The van der Waals surface area contributed by atoms with E-state index in [0.717, 1.165) is 18.5 Å². The topological polar surface area (TPSA) is 34.9 Å². The zero-order valence-corrected chi connectivity index (χ0v) is 10.4. The summed E-state index contributed by atoms with van der Waals surface area (Å²) in [5.74, 6) is 2.08. The molecule has 1 aromatic rings. The van der Waals surface area contributed by atoms with Gasteiger partial charge in [-0.3, -0.25) is 9.48 Å². The van der Waals surface area contributed by atoms with Crippen LogP contribution in [-0.4, -0.2) is 15.6 Å². The molecule has 3 rings (SSSR count). The first-order chi connectivity index (χ1) is 8.31. The number of aromatic nitrogens is 2. The van der Waals surface area contributed by atoms with Crippen molar-refractivity contribution in [3.05, 3.63) is 18.0 Å². The fourth-order valence-corrected chi connectivity index (χ4v) is 3.42. The number of nitrogens with zero attached hydrogens (tertiary/aromatic N) is 2. The lowest BCUT2D eigenvalue weighted by Gasteiger charge is -2.04. The maximum atomic E-state index is 12.3. The largest absolute Gasteiger partial charge is 0.294 e. The number of rotatable bonds is 4. The Balaban J connectivity index is 1.69. The predicted molar refractivity (Wildman–Crippen MR) is 65.8 cm³/mol. The smallest absolute Gasteiger partial charge is 0.169 e. The highest BCUT2D eigenvalue weighted by Crippen LogP contribution is 2.56. The molecule has 2 unspecified atom stereocenters. The molecule has 0 aliphatic heterocycles. The molecule has 2 atom stereocenters. The minimum atomic E-state index is 0.330. The highest BCUT2D eigenvalue weighted by Gasteiger charge is 2.54. The quantitative estimate of drug-likeness (QED) is 0.748. The lowest BCUT2D eigenvalue weighted by atomic mass is 10.0. The van der Waals surface area contributed by atoms with Crippen molar-refractivity contribution >= 4 is 5.78 Å². The summed E-state index contributed by atoms with van der Waals surface area (Å²) in [6.45, 7) is 3.03. The number of hydrogen-bond donors (Lipinski definition) is 0. The normalized spacial score (nSPS) is 31.0. The zero-order chi connectivity index (χ0) is 11.8. The Morgan fingerprint density at radius 3 is 2.76 bits per heavy atom. The van der Waals surface area contributed by atoms with Gasteiger partial charge in [0.25, 0.3) is 0 Å². The lowest BCUT2D eigenvalue weighted by molar-refractivity contribution is 0.0956. The maximum Gasteiger partial charge on any atom is 0.169 e. The summed E-state index contributed by atoms with van der Waals surface area (Å²) < 4.78 is 1.89. The van der Waals surface area contributed by atoms with Crippen molar-refractivity contribution in [2.24, 2.45) is 17.8 Å². The molecule has 1 aromatic heterocycles. The molecule has 3 nitrogen and oxygen atoms in total. The van der Waals surface area contributed by atoms with E-state index >= 15 is 0 Å². The van der Waals surface area contributed by atoms with Gasteiger partial charge in [-0.05, 0) is 31.1 Å². The standard InChI is InChI=1S/C14H20N2O/c1-2-7-16-9-10(8-15-16)14(17)13-11-5-3-4-6-12(11)13/h8-9,11-13H,2-7H2,1H3. The van der Waals surface area contributed by atoms with E-state index in [4.69, 9.17) is 0 Å². The van der Waals surface area contributed by atoms with Crippen LogP contribution in [0.1, 0.15) is 49.4 Å². The molecule has 2 aliphatic rings. The van der Waals surface area contributed by atoms with Crippen molar-refractivity contribution < 1.29 is 4.79 Å². The average molecular weight is 232 g/mol. The van der Waals surface area contributed by atoms with Gasteiger partial charge in [-0.2, -0.15) is 5.10 Å². The molecule has 17 heavy (non-hydrogen) atoms. The van der Waals surface area contributed by atoms with Crippen molar-refractivity contribution in [3.8, 4) is 0 Å². The van der Waals surface area contributed by atoms with Crippen LogP contribution in [-0.2, 0) is 6.54 Å². The number of carbonyl (C=O) groups excluding carboxylic acids is 1.